The highest BCUT2D eigenvalue weighted by Crippen LogP contribution is 2.49. The number of hydrogen-bond donors (Lipinski definition) is 1. The molecule has 0 saturated carbocycles. The molecular weight excluding hydrogens is 482 g/mol. The number of carbonyl (C=O) groups excluding carboxylic acids is 1. The van der Waals surface area contributed by atoms with Gasteiger partial charge in [-0.2, -0.15) is 5.10 Å². The van der Waals surface area contributed by atoms with Crippen molar-refractivity contribution < 1.29 is 14.7 Å². The predicted octanol–water partition coefficient (Wildman–Crippen LogP) is 5.75. The lowest BCUT2D eigenvalue weighted by Crippen LogP contribution is -2.38. The fourth-order valence-corrected chi connectivity index (χ4v) is 5.88. The summed E-state index contributed by atoms with van der Waals surface area (Å²) in [6.45, 7) is 1.51. The molecule has 0 aliphatic carbocycles. The van der Waals surface area contributed by atoms with E-state index in [-0.39, 0.29) is 16.9 Å². The van der Waals surface area contributed by atoms with Crippen molar-refractivity contribution in [3.63, 3.8) is 0 Å². The summed E-state index contributed by atoms with van der Waals surface area (Å²) in [4.78, 5) is 26.5. The second kappa shape index (κ2) is 9.60. The van der Waals surface area contributed by atoms with Crippen molar-refractivity contribution in [1.29, 1.82) is 0 Å². The number of benzene rings is 3. The maximum atomic E-state index is 13.3. The van der Waals surface area contributed by atoms with Crippen LogP contribution in [-0.2, 0) is 9.59 Å². The number of thioether (sulfide) groups is 1. The van der Waals surface area contributed by atoms with Gasteiger partial charge in [-0.15, -0.1) is 11.8 Å². The van der Waals surface area contributed by atoms with Gasteiger partial charge in [-0.1, -0.05) is 72.3 Å². The smallest absolute Gasteiger partial charge is 0.323 e. The first-order valence-corrected chi connectivity index (χ1v) is 12.5. The van der Waals surface area contributed by atoms with Crippen LogP contribution in [0.15, 0.2) is 78.9 Å². The number of carboxylic acids is 1. The van der Waals surface area contributed by atoms with E-state index in [9.17, 15) is 14.7 Å². The maximum Gasteiger partial charge on any atom is 0.323 e. The average Bonchev–Trinajstić information content (AvgIpc) is 3.18. The number of fused-ring (bicyclic) bond motifs is 1. The van der Waals surface area contributed by atoms with Crippen LogP contribution in [0.5, 0.6) is 0 Å². The van der Waals surface area contributed by atoms with Crippen molar-refractivity contribution in [2.75, 3.05) is 17.2 Å². The van der Waals surface area contributed by atoms with E-state index in [1.165, 1.54) is 16.7 Å². The number of aromatic nitrogens is 2. The van der Waals surface area contributed by atoms with Crippen LogP contribution in [0, 0.1) is 6.92 Å². The Hall–Kier alpha value is -3.55. The molecule has 1 aliphatic heterocycles. The number of rotatable bonds is 5. The first kappa shape index (κ1) is 23.2. The Labute approximate surface area is 212 Å². The molecule has 1 amide bonds. The number of amides is 1. The normalized spacial score (nSPS) is 15.5. The van der Waals surface area contributed by atoms with Crippen LogP contribution in [0.1, 0.15) is 21.9 Å². The number of anilines is 1. The molecule has 3 aromatic carbocycles. The number of carboxylic acid groups (broad SMARTS) is 1. The van der Waals surface area contributed by atoms with Crippen LogP contribution in [0.2, 0.25) is 5.02 Å². The Morgan fingerprint density at radius 3 is 2.54 bits per heavy atom. The second-order valence-electron chi connectivity index (χ2n) is 8.29. The van der Waals surface area contributed by atoms with Crippen molar-refractivity contribution in [2.24, 2.45) is 0 Å². The minimum absolute atomic E-state index is 0.111. The molecule has 6 nitrogen and oxygen atoms in total. The first-order chi connectivity index (χ1) is 16.9. The number of nitrogens with zero attached hydrogens (tertiary/aromatic N) is 3. The van der Waals surface area contributed by atoms with Gasteiger partial charge in [0.1, 0.15) is 12.4 Å². The molecule has 4 aromatic rings. The summed E-state index contributed by atoms with van der Waals surface area (Å²) >= 11 is 8.08. The van der Waals surface area contributed by atoms with Crippen molar-refractivity contribution >= 4 is 41.1 Å². The Morgan fingerprint density at radius 2 is 1.83 bits per heavy atom. The summed E-state index contributed by atoms with van der Waals surface area (Å²) in [6, 6.07) is 25.0. The highest BCUT2D eigenvalue weighted by atomic mass is 35.5. The van der Waals surface area contributed by atoms with Gasteiger partial charge in [0.25, 0.3) is 0 Å². The monoisotopic (exact) mass is 503 g/mol. The predicted molar refractivity (Wildman–Crippen MR) is 139 cm³/mol. The fraction of sp³-hybridized carbons (Fsp3) is 0.148. The Morgan fingerprint density at radius 1 is 1.09 bits per heavy atom. The number of aryl methyl sites for hydroxylation is 1. The summed E-state index contributed by atoms with van der Waals surface area (Å²) < 4.78 is 1.70. The van der Waals surface area contributed by atoms with Crippen molar-refractivity contribution in [3.05, 3.63) is 101 Å². The number of hydrogen-bond acceptors (Lipinski definition) is 4. The molecule has 0 spiro atoms. The Bertz CT molecular complexity index is 1420. The second-order valence-corrected chi connectivity index (χ2v) is 9.79. The molecule has 176 valence electrons. The standard InChI is InChI=1S/C27H22ClN3O3S/c1-17-8-7-11-19(14-17)31-27-24(25(29-31)18-9-3-2-4-10-18)26(20-12-5-6-13-21(20)28)35-16-22(32)30(27)15-23(33)34/h2-14,26H,15-16H2,1H3,(H,33,34). The summed E-state index contributed by atoms with van der Waals surface area (Å²) in [5.74, 6) is -0.818. The number of aliphatic carboxylic acids is 1. The third kappa shape index (κ3) is 4.45. The lowest BCUT2D eigenvalue weighted by molar-refractivity contribution is -0.136. The minimum Gasteiger partial charge on any atom is -0.480 e. The summed E-state index contributed by atoms with van der Waals surface area (Å²) in [5.41, 5.74) is 4.95. The maximum absolute atomic E-state index is 13.3. The summed E-state index contributed by atoms with van der Waals surface area (Å²) in [7, 11) is 0. The highest BCUT2D eigenvalue weighted by Gasteiger charge is 2.38. The number of halogens is 1. The molecule has 1 aliphatic rings. The molecule has 1 N–H and O–H groups in total. The number of carbonyl (C=O) groups is 2. The van der Waals surface area contributed by atoms with Crippen LogP contribution < -0.4 is 4.90 Å². The molecule has 0 bridgehead atoms. The van der Waals surface area contributed by atoms with Gasteiger partial charge in [0.2, 0.25) is 5.91 Å². The van der Waals surface area contributed by atoms with E-state index in [2.05, 4.69) is 0 Å². The van der Waals surface area contributed by atoms with Gasteiger partial charge in [0.15, 0.2) is 0 Å². The van der Waals surface area contributed by atoms with Crippen LogP contribution in [0.3, 0.4) is 0 Å². The Balaban J connectivity index is 1.87. The van der Waals surface area contributed by atoms with E-state index in [0.717, 1.165) is 27.9 Å². The minimum atomic E-state index is -1.09. The SMILES string of the molecule is Cc1cccc(-n2nc(-c3ccccc3)c3c2N(CC(=O)O)C(=O)CSC3c2ccccc2Cl)c1. The van der Waals surface area contributed by atoms with E-state index in [4.69, 9.17) is 16.7 Å². The molecule has 8 heteroatoms. The van der Waals surface area contributed by atoms with E-state index in [1.807, 2.05) is 85.8 Å². The van der Waals surface area contributed by atoms with Crippen LogP contribution in [-0.4, -0.2) is 39.1 Å². The van der Waals surface area contributed by atoms with Gasteiger partial charge in [-0.05, 0) is 36.2 Å². The lowest BCUT2D eigenvalue weighted by atomic mass is 9.99. The van der Waals surface area contributed by atoms with Gasteiger partial charge in [0.05, 0.1) is 22.4 Å². The molecule has 1 unspecified atom stereocenters. The van der Waals surface area contributed by atoms with Crippen LogP contribution in [0.4, 0.5) is 5.82 Å². The van der Waals surface area contributed by atoms with Crippen molar-refractivity contribution in [2.45, 2.75) is 12.2 Å². The van der Waals surface area contributed by atoms with Crippen LogP contribution in [0.25, 0.3) is 16.9 Å². The molecule has 2 heterocycles. The average molecular weight is 504 g/mol. The van der Waals surface area contributed by atoms with Crippen LogP contribution >= 0.6 is 23.4 Å². The van der Waals surface area contributed by atoms with Gasteiger partial charge >= 0.3 is 5.97 Å². The quantitative estimate of drug-likeness (QED) is 0.375. The van der Waals surface area contributed by atoms with E-state index < -0.39 is 12.5 Å². The molecule has 1 atom stereocenters. The van der Waals surface area contributed by atoms with Gasteiger partial charge in [0, 0.05) is 16.1 Å². The zero-order valence-corrected chi connectivity index (χ0v) is 20.5. The van der Waals surface area contributed by atoms with Crippen molar-refractivity contribution in [3.8, 4) is 16.9 Å². The molecule has 1 aromatic heterocycles. The molecule has 35 heavy (non-hydrogen) atoms. The highest BCUT2D eigenvalue weighted by molar-refractivity contribution is 8.00. The summed E-state index contributed by atoms with van der Waals surface area (Å²) in [5, 5.41) is 14.9. The molecular formula is C27H22ClN3O3S. The van der Waals surface area contributed by atoms with Gasteiger partial charge in [-0.25, -0.2) is 4.68 Å². The van der Waals surface area contributed by atoms with Gasteiger partial charge in [-0.3, -0.25) is 14.5 Å². The van der Waals surface area contributed by atoms with Gasteiger partial charge < -0.3 is 5.11 Å². The molecule has 5 rings (SSSR count). The first-order valence-electron chi connectivity index (χ1n) is 11.1. The fourth-order valence-electron chi connectivity index (χ4n) is 4.34. The molecule has 0 saturated heterocycles. The largest absolute Gasteiger partial charge is 0.480 e. The summed E-state index contributed by atoms with van der Waals surface area (Å²) in [6.07, 6.45) is 0. The third-order valence-electron chi connectivity index (χ3n) is 5.86. The van der Waals surface area contributed by atoms with Crippen molar-refractivity contribution in [1.82, 2.24) is 9.78 Å². The molecule has 0 fully saturated rings. The van der Waals surface area contributed by atoms with E-state index in [1.54, 1.807) is 4.68 Å². The van der Waals surface area contributed by atoms with E-state index in [0.29, 0.717) is 16.5 Å². The Kier molecular flexibility index (Phi) is 6.36. The zero-order valence-electron chi connectivity index (χ0n) is 18.9. The zero-order chi connectivity index (χ0) is 24.5. The molecule has 0 radical (unpaired) electrons. The topological polar surface area (TPSA) is 75.4 Å². The lowest BCUT2D eigenvalue weighted by Gasteiger charge is -2.22. The van der Waals surface area contributed by atoms with E-state index >= 15 is 0 Å². The third-order valence-corrected chi connectivity index (χ3v) is 7.44.